The first-order chi connectivity index (χ1) is 8.15. The average Bonchev–Trinajstić information content (AvgIpc) is 2.32. The second-order valence-electron chi connectivity index (χ2n) is 4.45. The van der Waals surface area contributed by atoms with Crippen molar-refractivity contribution in [3.8, 4) is 0 Å². The summed E-state index contributed by atoms with van der Waals surface area (Å²) in [4.78, 5) is 0. The van der Waals surface area contributed by atoms with Gasteiger partial charge in [0.1, 0.15) is 0 Å². The third kappa shape index (κ3) is 4.93. The first-order valence-corrected chi connectivity index (χ1v) is 6.58. The zero-order valence-corrected chi connectivity index (χ0v) is 11.2. The standard InChI is InChI=1S/C15H21ClO/c1-3-4-5-6-7-8-15(17)13-10-9-12(2)14(16)11-13/h3,9-11,15,17H,1,4-8H2,2H3. The van der Waals surface area contributed by atoms with Gasteiger partial charge in [-0.2, -0.15) is 0 Å². The molecule has 1 nitrogen and oxygen atoms in total. The van der Waals surface area contributed by atoms with E-state index in [1.807, 2.05) is 31.2 Å². The highest BCUT2D eigenvalue weighted by Crippen LogP contribution is 2.24. The Morgan fingerprint density at radius 1 is 1.35 bits per heavy atom. The first kappa shape index (κ1) is 14.3. The Hall–Kier alpha value is -0.790. The van der Waals surface area contributed by atoms with Gasteiger partial charge in [0.05, 0.1) is 6.10 Å². The second kappa shape index (κ2) is 7.52. The minimum Gasteiger partial charge on any atom is -0.388 e. The number of hydrogen-bond acceptors (Lipinski definition) is 1. The van der Waals surface area contributed by atoms with E-state index >= 15 is 0 Å². The SMILES string of the molecule is C=CCCCCCC(O)c1ccc(C)c(Cl)c1. The lowest BCUT2D eigenvalue weighted by Gasteiger charge is -2.11. The predicted molar refractivity (Wildman–Crippen MR) is 74.4 cm³/mol. The smallest absolute Gasteiger partial charge is 0.0790 e. The minimum atomic E-state index is -0.392. The van der Waals surface area contributed by atoms with Gasteiger partial charge in [0.2, 0.25) is 0 Å². The zero-order valence-electron chi connectivity index (χ0n) is 10.5. The van der Waals surface area contributed by atoms with Crippen molar-refractivity contribution < 1.29 is 5.11 Å². The van der Waals surface area contributed by atoms with Crippen LogP contribution in [-0.2, 0) is 0 Å². The molecule has 0 aliphatic rings. The highest BCUT2D eigenvalue weighted by atomic mass is 35.5. The Bertz CT molecular complexity index is 360. The van der Waals surface area contributed by atoms with Crippen LogP contribution in [0.15, 0.2) is 30.9 Å². The van der Waals surface area contributed by atoms with Crippen LogP contribution in [0.2, 0.25) is 5.02 Å². The Morgan fingerprint density at radius 3 is 2.76 bits per heavy atom. The summed E-state index contributed by atoms with van der Waals surface area (Å²) in [6.07, 6.45) is 6.75. The van der Waals surface area contributed by atoms with Gasteiger partial charge in [0.25, 0.3) is 0 Å². The summed E-state index contributed by atoms with van der Waals surface area (Å²) >= 11 is 6.04. The Balaban J connectivity index is 2.38. The van der Waals surface area contributed by atoms with E-state index in [0.717, 1.165) is 48.3 Å². The van der Waals surface area contributed by atoms with Crippen LogP contribution in [0.4, 0.5) is 0 Å². The number of hydrogen-bond donors (Lipinski definition) is 1. The molecule has 1 rings (SSSR count). The summed E-state index contributed by atoms with van der Waals surface area (Å²) in [6, 6.07) is 5.78. The van der Waals surface area contributed by atoms with Gasteiger partial charge in [-0.15, -0.1) is 6.58 Å². The predicted octanol–water partition coefficient (Wildman–Crippen LogP) is 4.82. The van der Waals surface area contributed by atoms with Gasteiger partial charge in [-0.3, -0.25) is 0 Å². The minimum absolute atomic E-state index is 0.392. The summed E-state index contributed by atoms with van der Waals surface area (Å²) in [5.74, 6) is 0. The van der Waals surface area contributed by atoms with Crippen LogP contribution in [0, 0.1) is 6.92 Å². The van der Waals surface area contributed by atoms with Gasteiger partial charge in [-0.1, -0.05) is 42.7 Å². The summed E-state index contributed by atoms with van der Waals surface area (Å²) in [5, 5.41) is 10.7. The van der Waals surface area contributed by atoms with E-state index in [1.165, 1.54) is 0 Å². The van der Waals surface area contributed by atoms with Crippen LogP contribution < -0.4 is 0 Å². The van der Waals surface area contributed by atoms with Crippen LogP contribution >= 0.6 is 11.6 Å². The lowest BCUT2D eigenvalue weighted by molar-refractivity contribution is 0.163. The number of benzene rings is 1. The maximum atomic E-state index is 10.0. The van der Waals surface area contributed by atoms with Gasteiger partial charge in [-0.25, -0.2) is 0 Å². The Kier molecular flexibility index (Phi) is 6.31. The summed E-state index contributed by atoms with van der Waals surface area (Å²) in [7, 11) is 0. The Morgan fingerprint density at radius 2 is 2.12 bits per heavy atom. The molecular weight excluding hydrogens is 232 g/mol. The summed E-state index contributed by atoms with van der Waals surface area (Å²) in [6.45, 7) is 5.66. The molecule has 0 aromatic heterocycles. The normalized spacial score (nSPS) is 12.4. The molecule has 1 aromatic rings. The van der Waals surface area contributed by atoms with Crippen LogP contribution in [-0.4, -0.2) is 5.11 Å². The summed E-state index contributed by atoms with van der Waals surface area (Å²) in [5.41, 5.74) is 1.97. The van der Waals surface area contributed by atoms with Crippen LogP contribution in [0.5, 0.6) is 0 Å². The van der Waals surface area contributed by atoms with E-state index in [4.69, 9.17) is 11.6 Å². The molecule has 0 heterocycles. The topological polar surface area (TPSA) is 20.2 Å². The molecule has 2 heteroatoms. The second-order valence-corrected chi connectivity index (χ2v) is 4.86. The fraction of sp³-hybridized carbons (Fsp3) is 0.467. The monoisotopic (exact) mass is 252 g/mol. The van der Waals surface area contributed by atoms with Gasteiger partial charge >= 0.3 is 0 Å². The highest BCUT2D eigenvalue weighted by Gasteiger charge is 2.08. The maximum Gasteiger partial charge on any atom is 0.0790 e. The first-order valence-electron chi connectivity index (χ1n) is 6.20. The molecule has 0 radical (unpaired) electrons. The van der Waals surface area contributed by atoms with Crippen molar-refractivity contribution in [3.05, 3.63) is 47.0 Å². The highest BCUT2D eigenvalue weighted by molar-refractivity contribution is 6.31. The third-order valence-electron chi connectivity index (χ3n) is 2.97. The fourth-order valence-corrected chi connectivity index (χ4v) is 1.98. The molecular formula is C15H21ClO. The van der Waals surface area contributed by atoms with Crippen molar-refractivity contribution in [2.75, 3.05) is 0 Å². The number of aryl methyl sites for hydroxylation is 1. The molecule has 94 valence electrons. The number of allylic oxidation sites excluding steroid dienone is 1. The molecule has 0 spiro atoms. The molecule has 0 saturated carbocycles. The van der Waals surface area contributed by atoms with Crippen LogP contribution in [0.25, 0.3) is 0 Å². The Labute approximate surface area is 109 Å². The molecule has 0 bridgehead atoms. The van der Waals surface area contributed by atoms with E-state index in [0.29, 0.717) is 0 Å². The van der Waals surface area contributed by atoms with E-state index in [2.05, 4.69) is 6.58 Å². The molecule has 0 saturated heterocycles. The van der Waals surface area contributed by atoms with Gasteiger partial charge in [0.15, 0.2) is 0 Å². The van der Waals surface area contributed by atoms with Gasteiger partial charge in [-0.05, 0) is 43.4 Å². The van der Waals surface area contributed by atoms with Crippen molar-refractivity contribution >= 4 is 11.6 Å². The third-order valence-corrected chi connectivity index (χ3v) is 3.37. The number of unbranched alkanes of at least 4 members (excludes halogenated alkanes) is 3. The largest absolute Gasteiger partial charge is 0.388 e. The van der Waals surface area contributed by atoms with E-state index in [1.54, 1.807) is 0 Å². The number of aliphatic hydroxyl groups excluding tert-OH is 1. The van der Waals surface area contributed by atoms with Crippen molar-refractivity contribution in [1.29, 1.82) is 0 Å². The van der Waals surface area contributed by atoms with Gasteiger partial charge < -0.3 is 5.11 Å². The molecule has 0 aliphatic heterocycles. The van der Waals surface area contributed by atoms with Crippen molar-refractivity contribution in [2.45, 2.75) is 45.1 Å². The van der Waals surface area contributed by atoms with E-state index < -0.39 is 6.10 Å². The molecule has 1 N–H and O–H groups in total. The fourth-order valence-electron chi connectivity index (χ4n) is 1.79. The molecule has 0 aliphatic carbocycles. The maximum absolute atomic E-state index is 10.0. The molecule has 0 fully saturated rings. The zero-order chi connectivity index (χ0) is 12.7. The molecule has 0 amide bonds. The lowest BCUT2D eigenvalue weighted by atomic mass is 10.0. The van der Waals surface area contributed by atoms with Gasteiger partial charge in [0, 0.05) is 5.02 Å². The molecule has 1 atom stereocenters. The van der Waals surface area contributed by atoms with Crippen molar-refractivity contribution in [3.63, 3.8) is 0 Å². The summed E-state index contributed by atoms with van der Waals surface area (Å²) < 4.78 is 0. The van der Waals surface area contributed by atoms with Crippen LogP contribution in [0.1, 0.15) is 49.3 Å². The van der Waals surface area contributed by atoms with Crippen LogP contribution in [0.3, 0.4) is 0 Å². The quantitative estimate of drug-likeness (QED) is 0.545. The van der Waals surface area contributed by atoms with E-state index in [9.17, 15) is 5.11 Å². The number of aliphatic hydroxyl groups is 1. The average molecular weight is 253 g/mol. The number of rotatable bonds is 7. The lowest BCUT2D eigenvalue weighted by Crippen LogP contribution is -1.97. The molecule has 1 aromatic carbocycles. The number of halogens is 1. The van der Waals surface area contributed by atoms with Crippen molar-refractivity contribution in [1.82, 2.24) is 0 Å². The molecule has 1 unspecified atom stereocenters. The van der Waals surface area contributed by atoms with Crippen molar-refractivity contribution in [2.24, 2.45) is 0 Å². The molecule has 17 heavy (non-hydrogen) atoms. The van der Waals surface area contributed by atoms with E-state index in [-0.39, 0.29) is 0 Å².